The fourth-order valence-corrected chi connectivity index (χ4v) is 12.2. The van der Waals surface area contributed by atoms with Crippen LogP contribution in [0.2, 0.25) is 23.3 Å². The average Bonchev–Trinajstić information content (AvgIpc) is 0.836. The minimum Gasteiger partial charge on any atom is -1.00 e. The minimum absolute atomic E-state index is 0. The van der Waals surface area contributed by atoms with Gasteiger partial charge in [-0.25, -0.2) is 34.9 Å². The van der Waals surface area contributed by atoms with Crippen molar-refractivity contribution in [1.29, 1.82) is 0 Å². The maximum Gasteiger partial charge on any atom is 1.00 e. The zero-order valence-electron chi connectivity index (χ0n) is 60.8. The number of anilines is 5. The molecule has 12 rings (SSSR count). The SMILES string of the molecule is C.C#C[Si](CC)(CC)CC.CC#Cc1nc(N)c(-c2ccccc2)nc1-c1ccccc1.CN(C)c1nc(N)c(-c2ccccc2)nc1-c1ccccc1.CNC.COc1nc(N)c(-c2ccccc2)nc1-c1ccccc1.C[O-].Nc1nc(Cl)c(-c2ccccc2)nc1-c1ccccc1.[H-].[K+].[Na+]. The van der Waals surface area contributed by atoms with Crippen LogP contribution in [-0.2, 0) is 0 Å². The van der Waals surface area contributed by atoms with Crippen LogP contribution < -0.4 is 124 Å². The molecule has 0 aliphatic carbocycles. The fraction of sp³-hybridized carbons (Fsp3) is 0.171. The van der Waals surface area contributed by atoms with Crippen LogP contribution in [0, 0.1) is 23.8 Å². The predicted molar refractivity (Wildman–Crippen MR) is 422 cm³/mol. The van der Waals surface area contributed by atoms with Crippen LogP contribution in [0.15, 0.2) is 243 Å². The van der Waals surface area contributed by atoms with Gasteiger partial charge < -0.3 is 44.4 Å². The average molecular weight is 1430 g/mol. The van der Waals surface area contributed by atoms with Crippen LogP contribution in [0.1, 0.15) is 42.2 Å². The minimum atomic E-state index is -1.16. The number of rotatable bonds is 13. The first kappa shape index (κ1) is 87.3. The van der Waals surface area contributed by atoms with Crippen LogP contribution in [0.4, 0.5) is 29.1 Å². The number of terminal acetylenes is 1. The predicted octanol–water partition coefficient (Wildman–Crippen LogP) is 10.9. The van der Waals surface area contributed by atoms with Gasteiger partial charge in [-0.3, -0.25) is 0 Å². The van der Waals surface area contributed by atoms with Crippen molar-refractivity contribution in [3.05, 3.63) is 254 Å². The Labute approximate surface area is 676 Å². The van der Waals surface area contributed by atoms with Gasteiger partial charge in [0.15, 0.2) is 34.2 Å². The van der Waals surface area contributed by atoms with E-state index >= 15 is 0 Å². The number of nitrogens with one attached hydrogen (secondary N) is 1. The molecule has 9 N–H and O–H groups in total. The normalized spacial score (nSPS) is 9.75. The van der Waals surface area contributed by atoms with Crippen LogP contribution in [0.3, 0.4) is 0 Å². The van der Waals surface area contributed by atoms with Crippen molar-refractivity contribution in [3.63, 3.8) is 0 Å². The molecule has 4 heterocycles. The van der Waals surface area contributed by atoms with E-state index in [1.54, 1.807) is 14.0 Å². The third-order valence-electron chi connectivity index (χ3n) is 15.2. The largest absolute Gasteiger partial charge is 1.00 e. The summed E-state index contributed by atoms with van der Waals surface area (Å²) in [5, 5.41) is 11.3. The Bertz CT molecular complexity index is 4450. The summed E-state index contributed by atoms with van der Waals surface area (Å²) in [7, 11) is 8.79. The molecule has 4 aromatic heterocycles. The summed E-state index contributed by atoms with van der Waals surface area (Å²) in [6, 6.07) is 82.4. The molecule has 0 bridgehead atoms. The molecule has 12 aromatic rings. The Morgan fingerprint density at radius 2 is 0.696 bits per heavy atom. The van der Waals surface area contributed by atoms with Crippen molar-refractivity contribution in [3.8, 4) is 120 Å². The van der Waals surface area contributed by atoms with Crippen molar-refractivity contribution in [2.45, 2.75) is 53.3 Å². The Morgan fingerprint density at radius 1 is 0.441 bits per heavy atom. The summed E-state index contributed by atoms with van der Waals surface area (Å²) in [5.74, 6) is 8.58. The third kappa shape index (κ3) is 24.9. The van der Waals surface area contributed by atoms with Gasteiger partial charge in [0.2, 0.25) is 5.88 Å². The topological polar surface area (TPSA) is 255 Å². The number of methoxy groups -OCH3 is 1. The summed E-state index contributed by atoms with van der Waals surface area (Å²) >= 11 is 6.17. The summed E-state index contributed by atoms with van der Waals surface area (Å²) in [4.78, 5) is 38.3. The Kier molecular flexibility index (Phi) is 39.8. The zero-order valence-corrected chi connectivity index (χ0v) is 66.7. The molecule has 0 spiro atoms. The summed E-state index contributed by atoms with van der Waals surface area (Å²) in [6.45, 7) is 8.44. The van der Waals surface area contributed by atoms with Gasteiger partial charge in [-0.15, -0.1) is 12.0 Å². The first-order valence-corrected chi connectivity index (χ1v) is 35.1. The van der Waals surface area contributed by atoms with Gasteiger partial charge >= 0.3 is 80.9 Å². The summed E-state index contributed by atoms with van der Waals surface area (Å²) < 4.78 is 5.32. The van der Waals surface area contributed by atoms with Gasteiger partial charge in [0.1, 0.15) is 59.3 Å². The van der Waals surface area contributed by atoms with Crippen LogP contribution in [0.25, 0.3) is 90.1 Å². The molecule has 0 radical (unpaired) electrons. The molecule has 0 saturated heterocycles. The second kappa shape index (κ2) is 46.6. The van der Waals surface area contributed by atoms with E-state index in [-0.39, 0.29) is 89.8 Å². The molecular formula is C82H91ClKN14NaO2Si. The number of nitrogens with two attached hydrogens (primary N) is 4. The quantitative estimate of drug-likeness (QED) is 0.0531. The van der Waals surface area contributed by atoms with E-state index in [0.717, 1.165) is 68.8 Å². The maximum atomic E-state index is 8.25. The molecule has 0 atom stereocenters. The first-order chi connectivity index (χ1) is 48.2. The van der Waals surface area contributed by atoms with Crippen LogP contribution >= 0.6 is 11.6 Å². The molecule has 0 saturated carbocycles. The summed E-state index contributed by atoms with van der Waals surface area (Å²) in [6.07, 6.45) is 5.45. The van der Waals surface area contributed by atoms with E-state index in [1.807, 2.05) is 276 Å². The van der Waals surface area contributed by atoms with Crippen molar-refractivity contribution in [2.75, 3.05) is 70.2 Å². The first-order valence-electron chi connectivity index (χ1n) is 32.1. The molecule has 16 nitrogen and oxygen atoms in total. The maximum absolute atomic E-state index is 8.25. The van der Waals surface area contributed by atoms with Crippen LogP contribution in [-0.4, -0.2) is 90.4 Å². The number of benzene rings is 8. The van der Waals surface area contributed by atoms with Crippen molar-refractivity contribution in [1.82, 2.24) is 45.2 Å². The van der Waals surface area contributed by atoms with E-state index in [1.165, 1.54) is 18.1 Å². The zero-order chi connectivity index (χ0) is 71.5. The third-order valence-corrected chi connectivity index (χ3v) is 20.1. The number of ether oxygens (including phenoxy) is 1. The second-order valence-corrected chi connectivity index (χ2v) is 27.2. The van der Waals surface area contributed by atoms with E-state index in [4.69, 9.17) is 60.8 Å². The summed E-state index contributed by atoms with van der Waals surface area (Å²) in [5.41, 5.74) is 41.0. The molecule has 0 aliphatic rings. The van der Waals surface area contributed by atoms with Crippen LogP contribution in [0.5, 0.6) is 5.88 Å². The van der Waals surface area contributed by atoms with Gasteiger partial charge in [-0.05, 0) is 45.1 Å². The molecule has 0 fully saturated rings. The number of hydrogen-bond acceptors (Lipinski definition) is 16. The molecule has 0 aliphatic heterocycles. The Morgan fingerprint density at radius 3 is 0.990 bits per heavy atom. The monoisotopic (exact) mass is 1430 g/mol. The van der Waals surface area contributed by atoms with E-state index in [2.05, 4.69) is 73.4 Å². The molecule has 514 valence electrons. The van der Waals surface area contributed by atoms with E-state index in [9.17, 15) is 0 Å². The van der Waals surface area contributed by atoms with Gasteiger partial charge in [-0.1, -0.05) is 288 Å². The van der Waals surface area contributed by atoms with Gasteiger partial charge in [0, 0.05) is 58.6 Å². The van der Waals surface area contributed by atoms with Crippen molar-refractivity contribution < 1.29 is 92.2 Å². The van der Waals surface area contributed by atoms with Gasteiger partial charge in [0.25, 0.3) is 0 Å². The molecular weight excluding hydrogens is 1340 g/mol. The fourth-order valence-electron chi connectivity index (χ4n) is 9.85. The number of nitrogen functional groups attached to an aromatic ring is 4. The Balaban J connectivity index is 0.000000434. The smallest absolute Gasteiger partial charge is 1.00 e. The Hall–Kier alpha value is -8.94. The second-order valence-electron chi connectivity index (χ2n) is 21.9. The molecule has 0 unspecified atom stereocenters. The molecule has 8 aromatic carbocycles. The standard InChI is InChI=1S/C19H15N3.C18H18N4.C17H15N3O.C16H12ClN3.C8H16Si.C2H7N.CH3O.CH4.K.Na.H/c1-2-9-16-17(14-10-5-3-6-11-14)22-18(19(20)21-16)15-12-7-4-8-13-15;1-22(2)18-16(14-11-7-4-8-12-14)20-15(17(19)21-18)13-9-5-3-6-10-13;1-21-17-15(13-10-6-3-7-11-13)19-14(16(18)20-17)12-8-4-2-5-9-12;17-15-13(11-7-3-1-4-8-11)19-14(16(18)20-15)12-9-5-2-6-10-12;1-5-9(6-2,7-3)8-4;1-3-2;1-2;;;;/h3-8,10-13H,1H3,(H2,20,21);3-12H,1-2H3,(H2,19,21);2-11H,1H3,(H2,18,20);1-10H,(H2,18,20);1H,6-8H2,2-4H3;3H,1-2H3;1H3;1H4;;;/q;;;;;;-1;;2*+1;-1. The number of halogens is 1. The van der Waals surface area contributed by atoms with Gasteiger partial charge in [0.05, 0.1) is 7.11 Å². The molecule has 102 heavy (non-hydrogen) atoms. The molecule has 20 heteroatoms. The molecule has 0 amide bonds. The van der Waals surface area contributed by atoms with Crippen molar-refractivity contribution >= 4 is 48.8 Å². The number of aromatic nitrogens is 8. The number of nitrogens with zero attached hydrogens (tertiary/aromatic N) is 9. The van der Waals surface area contributed by atoms with Crippen molar-refractivity contribution in [2.24, 2.45) is 0 Å². The van der Waals surface area contributed by atoms with Gasteiger partial charge in [-0.2, -0.15) is 12.1 Å². The number of hydrogen-bond donors (Lipinski definition) is 5. The van der Waals surface area contributed by atoms with E-state index < -0.39 is 8.07 Å². The van der Waals surface area contributed by atoms with E-state index in [0.29, 0.717) is 74.2 Å².